The molecule has 0 heterocycles. The van der Waals surface area contributed by atoms with Crippen LogP contribution in [0, 0.1) is 11.8 Å². The van der Waals surface area contributed by atoms with Gasteiger partial charge in [-0.3, -0.25) is 14.4 Å². The van der Waals surface area contributed by atoms with Gasteiger partial charge in [0.05, 0.1) is 39.0 Å². The van der Waals surface area contributed by atoms with Gasteiger partial charge < -0.3 is 24.1 Å². The number of methoxy groups -OCH3 is 2. The van der Waals surface area contributed by atoms with Gasteiger partial charge in [0.1, 0.15) is 17.4 Å². The average molecular weight is 408 g/mol. The van der Waals surface area contributed by atoms with E-state index in [1.165, 1.54) is 21.1 Å². The highest BCUT2D eigenvalue weighted by Crippen LogP contribution is 2.49. The van der Waals surface area contributed by atoms with Crippen LogP contribution in [0.1, 0.15) is 38.7 Å². The van der Waals surface area contributed by atoms with Gasteiger partial charge in [0, 0.05) is 18.4 Å². The zero-order chi connectivity index (χ0) is 21.8. The second kappa shape index (κ2) is 9.26. The third-order valence-electron chi connectivity index (χ3n) is 5.15. The summed E-state index contributed by atoms with van der Waals surface area (Å²) >= 11 is 0. The molecule has 8 heteroatoms. The van der Waals surface area contributed by atoms with Crippen molar-refractivity contribution < 1.29 is 38.4 Å². The lowest BCUT2D eigenvalue weighted by atomic mass is 9.61. The van der Waals surface area contributed by atoms with Crippen LogP contribution >= 0.6 is 0 Å². The van der Waals surface area contributed by atoms with Crippen LogP contribution in [0.25, 0.3) is 0 Å². The molecular formula is C21H28O8. The van der Waals surface area contributed by atoms with Crippen LogP contribution in [0.15, 0.2) is 18.2 Å². The van der Waals surface area contributed by atoms with E-state index in [1.807, 2.05) is 0 Å². The summed E-state index contributed by atoms with van der Waals surface area (Å²) in [4.78, 5) is 38.4. The van der Waals surface area contributed by atoms with Crippen LogP contribution in [0.4, 0.5) is 0 Å². The second-order valence-corrected chi connectivity index (χ2v) is 7.09. The average Bonchev–Trinajstić information content (AvgIpc) is 2.66. The van der Waals surface area contributed by atoms with E-state index in [2.05, 4.69) is 0 Å². The number of ether oxygens (including phenoxy) is 4. The molecule has 1 aliphatic carbocycles. The van der Waals surface area contributed by atoms with E-state index in [1.54, 1.807) is 32.0 Å². The maximum absolute atomic E-state index is 12.9. The topological polar surface area (TPSA) is 108 Å². The van der Waals surface area contributed by atoms with Crippen LogP contribution in [0.5, 0.6) is 11.5 Å². The molecule has 1 aromatic rings. The highest BCUT2D eigenvalue weighted by molar-refractivity contribution is 6.03. The zero-order valence-electron chi connectivity index (χ0n) is 17.4. The number of carbonyl (C=O) groups excluding carboxylic acids is 3. The standard InChI is InChI=1S/C21H28O8/c1-6-28-19(23)17-14(22)11-21(3,25)18(20(24)29-7-2)16(17)13-9-8-12(26-4)10-15(13)27-5/h8-10,16-18,25H,6-7,11H2,1-5H3/t16-,17+,18-,21+/m1/s1. The fraction of sp³-hybridized carbons (Fsp3) is 0.571. The van der Waals surface area contributed by atoms with Gasteiger partial charge in [-0.2, -0.15) is 0 Å². The summed E-state index contributed by atoms with van der Waals surface area (Å²) in [7, 11) is 2.92. The number of aliphatic hydroxyl groups is 1. The fourth-order valence-electron chi connectivity index (χ4n) is 3.95. The van der Waals surface area contributed by atoms with Crippen LogP contribution in [-0.4, -0.2) is 55.9 Å². The lowest BCUT2D eigenvalue weighted by Crippen LogP contribution is -2.55. The van der Waals surface area contributed by atoms with Gasteiger partial charge in [-0.1, -0.05) is 6.07 Å². The number of rotatable bonds is 7. The Bertz CT molecular complexity index is 770. The van der Waals surface area contributed by atoms with E-state index in [0.717, 1.165) is 0 Å². The SMILES string of the molecule is CCOC(=O)[C@H]1C(=O)C[C@](C)(O)[C@@H](C(=O)OCC)[C@@H]1c1ccc(OC)cc1OC. The Balaban J connectivity index is 2.71. The maximum Gasteiger partial charge on any atom is 0.317 e. The number of ketones is 1. The van der Waals surface area contributed by atoms with Crippen molar-refractivity contribution in [2.24, 2.45) is 11.8 Å². The summed E-state index contributed by atoms with van der Waals surface area (Å²) in [5.41, 5.74) is -1.29. The third kappa shape index (κ3) is 4.53. The van der Waals surface area contributed by atoms with Gasteiger partial charge in [0.15, 0.2) is 5.78 Å². The van der Waals surface area contributed by atoms with Crippen molar-refractivity contribution >= 4 is 17.7 Å². The van der Waals surface area contributed by atoms with Crippen LogP contribution in [0.3, 0.4) is 0 Å². The van der Waals surface area contributed by atoms with Crippen molar-refractivity contribution in [2.45, 2.75) is 38.7 Å². The Hall–Kier alpha value is -2.61. The Kier molecular flexibility index (Phi) is 7.24. The summed E-state index contributed by atoms with van der Waals surface area (Å²) < 4.78 is 21.0. The van der Waals surface area contributed by atoms with Crippen molar-refractivity contribution in [1.29, 1.82) is 0 Å². The molecule has 0 spiro atoms. The highest BCUT2D eigenvalue weighted by Gasteiger charge is 2.57. The predicted molar refractivity (Wildman–Crippen MR) is 103 cm³/mol. The first-order valence-corrected chi connectivity index (χ1v) is 9.52. The van der Waals surface area contributed by atoms with Gasteiger partial charge in [0.2, 0.25) is 0 Å². The minimum Gasteiger partial charge on any atom is -0.497 e. The molecule has 0 bridgehead atoms. The zero-order valence-corrected chi connectivity index (χ0v) is 17.4. The number of Topliss-reactive ketones (excluding diaryl/α,β-unsaturated/α-hetero) is 1. The molecule has 0 radical (unpaired) electrons. The Labute approximate surface area is 170 Å². The lowest BCUT2D eigenvalue weighted by molar-refractivity contribution is -0.172. The van der Waals surface area contributed by atoms with Crippen molar-refractivity contribution in [3.63, 3.8) is 0 Å². The van der Waals surface area contributed by atoms with E-state index in [4.69, 9.17) is 18.9 Å². The van der Waals surface area contributed by atoms with Crippen LogP contribution in [-0.2, 0) is 23.9 Å². The summed E-state index contributed by atoms with van der Waals surface area (Å²) in [6, 6.07) is 4.85. The van der Waals surface area contributed by atoms with E-state index in [9.17, 15) is 19.5 Å². The highest BCUT2D eigenvalue weighted by atomic mass is 16.5. The minimum atomic E-state index is -1.71. The normalized spacial score (nSPS) is 26.6. The predicted octanol–water partition coefficient (Wildman–Crippen LogP) is 1.87. The number of hydrogen-bond donors (Lipinski definition) is 1. The van der Waals surface area contributed by atoms with Gasteiger partial charge in [-0.25, -0.2) is 0 Å². The molecule has 1 fully saturated rings. The first-order valence-electron chi connectivity index (χ1n) is 9.52. The van der Waals surface area contributed by atoms with E-state index < -0.39 is 41.1 Å². The number of hydrogen-bond acceptors (Lipinski definition) is 8. The molecule has 1 aromatic carbocycles. The molecule has 0 amide bonds. The summed E-state index contributed by atoms with van der Waals surface area (Å²) in [5, 5.41) is 11.0. The van der Waals surface area contributed by atoms with E-state index >= 15 is 0 Å². The van der Waals surface area contributed by atoms with Gasteiger partial charge in [-0.15, -0.1) is 0 Å². The van der Waals surface area contributed by atoms with Gasteiger partial charge in [-0.05, 0) is 32.4 Å². The molecule has 0 unspecified atom stereocenters. The van der Waals surface area contributed by atoms with Crippen molar-refractivity contribution in [1.82, 2.24) is 0 Å². The first kappa shape index (κ1) is 22.7. The molecule has 1 saturated carbocycles. The monoisotopic (exact) mass is 408 g/mol. The molecule has 2 rings (SSSR count). The summed E-state index contributed by atoms with van der Waals surface area (Å²) in [6.45, 7) is 4.85. The summed E-state index contributed by atoms with van der Waals surface area (Å²) in [5.74, 6) is -4.58. The second-order valence-electron chi connectivity index (χ2n) is 7.09. The lowest BCUT2D eigenvalue weighted by Gasteiger charge is -2.43. The molecule has 0 saturated heterocycles. The first-order chi connectivity index (χ1) is 13.7. The molecule has 29 heavy (non-hydrogen) atoms. The molecule has 4 atom stereocenters. The smallest absolute Gasteiger partial charge is 0.317 e. The molecule has 8 nitrogen and oxygen atoms in total. The molecular weight excluding hydrogens is 380 g/mol. The Morgan fingerprint density at radius 3 is 2.28 bits per heavy atom. The fourth-order valence-corrected chi connectivity index (χ4v) is 3.95. The largest absolute Gasteiger partial charge is 0.497 e. The van der Waals surface area contributed by atoms with Crippen LogP contribution < -0.4 is 9.47 Å². The molecule has 1 N–H and O–H groups in total. The maximum atomic E-state index is 12.9. The van der Waals surface area contributed by atoms with E-state index in [0.29, 0.717) is 17.1 Å². The molecule has 1 aliphatic rings. The minimum absolute atomic E-state index is 0.0789. The number of carbonyl (C=O) groups is 3. The Morgan fingerprint density at radius 1 is 1.10 bits per heavy atom. The molecule has 0 aromatic heterocycles. The van der Waals surface area contributed by atoms with Crippen molar-refractivity contribution in [3.8, 4) is 11.5 Å². The number of esters is 2. The molecule has 0 aliphatic heterocycles. The molecule has 160 valence electrons. The number of benzene rings is 1. The van der Waals surface area contributed by atoms with Crippen molar-refractivity contribution in [2.75, 3.05) is 27.4 Å². The van der Waals surface area contributed by atoms with Crippen LogP contribution in [0.2, 0.25) is 0 Å². The quantitative estimate of drug-likeness (QED) is 0.538. The Morgan fingerprint density at radius 2 is 1.72 bits per heavy atom. The van der Waals surface area contributed by atoms with E-state index in [-0.39, 0.29) is 19.6 Å². The van der Waals surface area contributed by atoms with Gasteiger partial charge in [0.25, 0.3) is 0 Å². The van der Waals surface area contributed by atoms with Crippen molar-refractivity contribution in [3.05, 3.63) is 23.8 Å². The third-order valence-corrected chi connectivity index (χ3v) is 5.15. The summed E-state index contributed by atoms with van der Waals surface area (Å²) in [6.07, 6.45) is -0.366. The van der Waals surface area contributed by atoms with Gasteiger partial charge >= 0.3 is 11.9 Å².